The molecule has 0 saturated carbocycles. The van der Waals surface area contributed by atoms with Gasteiger partial charge in [0.2, 0.25) is 0 Å². The zero-order valence-corrected chi connectivity index (χ0v) is 12.5. The van der Waals surface area contributed by atoms with Gasteiger partial charge in [-0.3, -0.25) is 0 Å². The van der Waals surface area contributed by atoms with Crippen LogP contribution < -0.4 is 5.32 Å². The van der Waals surface area contributed by atoms with Crippen molar-refractivity contribution in [3.8, 4) is 0 Å². The minimum atomic E-state index is -0.610. The van der Waals surface area contributed by atoms with E-state index in [0.717, 1.165) is 6.54 Å². The van der Waals surface area contributed by atoms with Crippen LogP contribution in [0.5, 0.6) is 0 Å². The van der Waals surface area contributed by atoms with Crippen LogP contribution in [0.25, 0.3) is 0 Å². The van der Waals surface area contributed by atoms with Gasteiger partial charge in [0.05, 0.1) is 12.7 Å². The molecule has 21 heavy (non-hydrogen) atoms. The van der Waals surface area contributed by atoms with Gasteiger partial charge in [0, 0.05) is 13.1 Å². The quantitative estimate of drug-likeness (QED) is 0.850. The summed E-state index contributed by atoms with van der Waals surface area (Å²) in [5.74, 6) is -0.589. The number of nitrogens with one attached hydrogen (secondary N) is 1. The third kappa shape index (κ3) is 3.44. The molecule has 2 saturated heterocycles. The van der Waals surface area contributed by atoms with Crippen molar-refractivity contribution < 1.29 is 19.3 Å². The summed E-state index contributed by atoms with van der Waals surface area (Å²) in [5, 5.41) is 13.6. The number of ether oxygens (including phenoxy) is 3. The maximum Gasteiger partial charge on any atom is 0.164 e. The van der Waals surface area contributed by atoms with E-state index in [1.54, 1.807) is 0 Å². The van der Waals surface area contributed by atoms with Crippen LogP contribution in [-0.4, -0.2) is 48.5 Å². The van der Waals surface area contributed by atoms with Crippen LogP contribution in [0.2, 0.25) is 0 Å². The first kappa shape index (κ1) is 14.9. The van der Waals surface area contributed by atoms with Crippen molar-refractivity contribution in [1.29, 1.82) is 0 Å². The molecule has 4 atom stereocenters. The van der Waals surface area contributed by atoms with Gasteiger partial charge in [-0.2, -0.15) is 0 Å². The highest BCUT2D eigenvalue weighted by atomic mass is 16.8. The third-order valence-corrected chi connectivity index (χ3v) is 3.90. The summed E-state index contributed by atoms with van der Waals surface area (Å²) in [4.78, 5) is 0. The van der Waals surface area contributed by atoms with Crippen molar-refractivity contribution in [3.63, 3.8) is 0 Å². The van der Waals surface area contributed by atoms with Crippen molar-refractivity contribution in [2.75, 3.05) is 13.2 Å². The Morgan fingerprint density at radius 2 is 2.05 bits per heavy atom. The fraction of sp³-hybridized carbons (Fsp3) is 0.625. The Morgan fingerprint density at radius 3 is 2.81 bits per heavy atom. The van der Waals surface area contributed by atoms with Crippen LogP contribution in [0.3, 0.4) is 0 Å². The second-order valence-electron chi connectivity index (χ2n) is 6.12. The topological polar surface area (TPSA) is 60.0 Å². The zero-order chi connectivity index (χ0) is 14.9. The Labute approximate surface area is 125 Å². The lowest BCUT2D eigenvalue weighted by molar-refractivity contribution is -0.183. The van der Waals surface area contributed by atoms with Gasteiger partial charge in [0.25, 0.3) is 0 Å². The van der Waals surface area contributed by atoms with E-state index in [0.29, 0.717) is 13.2 Å². The molecule has 2 heterocycles. The van der Waals surface area contributed by atoms with Gasteiger partial charge >= 0.3 is 0 Å². The number of aliphatic hydroxyl groups is 1. The molecule has 0 radical (unpaired) electrons. The lowest BCUT2D eigenvalue weighted by Gasteiger charge is -2.25. The van der Waals surface area contributed by atoms with Crippen LogP contribution in [-0.2, 0) is 20.8 Å². The molecule has 0 spiro atoms. The standard InChI is InChI=1S/C16H23NO4/c1-16(2)20-13-10-19-14(15(13)21-16)12(18)9-17-8-11-6-4-3-5-7-11/h3-7,12-15,17-18H,8-10H2,1-2H3/t12-,13+,14+,15+/m0/s1. The lowest BCUT2D eigenvalue weighted by Crippen LogP contribution is -2.43. The fourth-order valence-electron chi connectivity index (χ4n) is 2.98. The zero-order valence-electron chi connectivity index (χ0n) is 12.5. The monoisotopic (exact) mass is 293 g/mol. The summed E-state index contributed by atoms with van der Waals surface area (Å²) < 4.78 is 17.2. The van der Waals surface area contributed by atoms with Crippen molar-refractivity contribution in [1.82, 2.24) is 5.32 Å². The molecule has 1 aromatic carbocycles. The minimum absolute atomic E-state index is 0.0752. The van der Waals surface area contributed by atoms with Gasteiger partial charge in [-0.15, -0.1) is 0 Å². The molecule has 0 bridgehead atoms. The normalized spacial score (nSPS) is 32.0. The summed E-state index contributed by atoms with van der Waals surface area (Å²) >= 11 is 0. The van der Waals surface area contributed by atoms with Crippen LogP contribution >= 0.6 is 0 Å². The Balaban J connectivity index is 1.49. The number of rotatable bonds is 5. The smallest absolute Gasteiger partial charge is 0.164 e. The average molecular weight is 293 g/mol. The van der Waals surface area contributed by atoms with Crippen LogP contribution in [0.4, 0.5) is 0 Å². The molecular formula is C16H23NO4. The molecular weight excluding hydrogens is 270 g/mol. The second-order valence-corrected chi connectivity index (χ2v) is 6.12. The fourth-order valence-corrected chi connectivity index (χ4v) is 2.98. The Morgan fingerprint density at radius 1 is 1.29 bits per heavy atom. The summed E-state index contributed by atoms with van der Waals surface area (Å²) in [6.07, 6.45) is -1.21. The van der Waals surface area contributed by atoms with Gasteiger partial charge in [0.15, 0.2) is 5.79 Å². The maximum absolute atomic E-state index is 10.3. The van der Waals surface area contributed by atoms with Crippen LogP contribution in [0, 0.1) is 0 Å². The van der Waals surface area contributed by atoms with Crippen molar-refractivity contribution in [2.24, 2.45) is 0 Å². The Hall–Kier alpha value is -0.980. The van der Waals surface area contributed by atoms with Crippen molar-refractivity contribution in [3.05, 3.63) is 35.9 Å². The van der Waals surface area contributed by atoms with Gasteiger partial charge in [0.1, 0.15) is 18.3 Å². The SMILES string of the molecule is CC1(C)O[C@H]2[C@@H]([C@@H](O)CNCc3ccccc3)OC[C@H]2O1. The molecule has 0 aromatic heterocycles. The molecule has 0 aliphatic carbocycles. The molecule has 5 nitrogen and oxygen atoms in total. The number of fused-ring (bicyclic) bond motifs is 1. The predicted molar refractivity (Wildman–Crippen MR) is 77.7 cm³/mol. The highest BCUT2D eigenvalue weighted by Gasteiger charge is 2.51. The van der Waals surface area contributed by atoms with Crippen molar-refractivity contribution in [2.45, 2.75) is 50.6 Å². The first-order valence-electron chi connectivity index (χ1n) is 7.45. The summed E-state index contributed by atoms with van der Waals surface area (Å²) in [6, 6.07) is 10.1. The predicted octanol–water partition coefficient (Wildman–Crippen LogP) is 1.06. The largest absolute Gasteiger partial charge is 0.389 e. The van der Waals surface area contributed by atoms with Crippen molar-refractivity contribution >= 4 is 0 Å². The Bertz CT molecular complexity index is 465. The summed E-state index contributed by atoms with van der Waals surface area (Å²) in [7, 11) is 0. The molecule has 2 N–H and O–H groups in total. The molecule has 2 fully saturated rings. The average Bonchev–Trinajstić information content (AvgIpc) is 2.94. The van der Waals surface area contributed by atoms with E-state index in [4.69, 9.17) is 14.2 Å². The van der Waals surface area contributed by atoms with Crippen LogP contribution in [0.1, 0.15) is 19.4 Å². The number of hydrogen-bond acceptors (Lipinski definition) is 5. The van der Waals surface area contributed by atoms with E-state index in [2.05, 4.69) is 17.4 Å². The third-order valence-electron chi connectivity index (χ3n) is 3.90. The molecule has 2 aliphatic heterocycles. The van der Waals surface area contributed by atoms with E-state index in [9.17, 15) is 5.11 Å². The molecule has 116 valence electrons. The first-order chi connectivity index (χ1) is 10.1. The number of hydrogen-bond donors (Lipinski definition) is 2. The van der Waals surface area contributed by atoms with E-state index < -0.39 is 11.9 Å². The second kappa shape index (κ2) is 6.02. The van der Waals surface area contributed by atoms with Gasteiger partial charge in [-0.25, -0.2) is 0 Å². The lowest BCUT2D eigenvalue weighted by atomic mass is 10.1. The van der Waals surface area contributed by atoms with E-state index in [-0.39, 0.29) is 18.3 Å². The molecule has 0 unspecified atom stereocenters. The van der Waals surface area contributed by atoms with Gasteiger partial charge in [-0.1, -0.05) is 30.3 Å². The van der Waals surface area contributed by atoms with E-state index in [1.807, 2.05) is 32.0 Å². The molecule has 5 heteroatoms. The van der Waals surface area contributed by atoms with Crippen LogP contribution in [0.15, 0.2) is 30.3 Å². The first-order valence-corrected chi connectivity index (χ1v) is 7.45. The highest BCUT2D eigenvalue weighted by Crippen LogP contribution is 2.36. The summed E-state index contributed by atoms with van der Waals surface area (Å²) in [6.45, 7) is 5.45. The molecule has 2 aliphatic rings. The molecule has 0 amide bonds. The maximum atomic E-state index is 10.3. The van der Waals surface area contributed by atoms with Gasteiger partial charge in [-0.05, 0) is 19.4 Å². The number of benzene rings is 1. The highest BCUT2D eigenvalue weighted by molar-refractivity contribution is 5.14. The van der Waals surface area contributed by atoms with E-state index in [1.165, 1.54) is 5.56 Å². The Kier molecular flexibility index (Phi) is 4.28. The van der Waals surface area contributed by atoms with Gasteiger partial charge < -0.3 is 24.6 Å². The minimum Gasteiger partial charge on any atom is -0.389 e. The molecule has 1 aromatic rings. The molecule has 3 rings (SSSR count). The van der Waals surface area contributed by atoms with E-state index >= 15 is 0 Å². The number of aliphatic hydroxyl groups excluding tert-OH is 1. The summed E-state index contributed by atoms with van der Waals surface area (Å²) in [5.41, 5.74) is 1.19.